The largest absolute Gasteiger partial charge is 0.493 e. The van der Waals surface area contributed by atoms with Gasteiger partial charge >= 0.3 is 6.61 Å². The smallest absolute Gasteiger partial charge is 0.387 e. The summed E-state index contributed by atoms with van der Waals surface area (Å²) in [6.07, 6.45) is -3.07. The molecule has 2 unspecified atom stereocenters. The molecule has 1 aromatic rings. The third-order valence-electron chi connectivity index (χ3n) is 2.18. The van der Waals surface area contributed by atoms with Crippen molar-refractivity contribution >= 4 is 0 Å². The molecule has 7 heteroatoms. The Labute approximate surface area is 102 Å². The second-order valence-electron chi connectivity index (χ2n) is 3.31. The molecule has 0 amide bonds. The van der Waals surface area contributed by atoms with Gasteiger partial charge in [0.05, 0.1) is 13.2 Å². The number of rotatable bonds is 5. The Morgan fingerprint density at radius 1 is 1.28 bits per heavy atom. The van der Waals surface area contributed by atoms with Crippen LogP contribution in [-0.2, 0) is 0 Å². The van der Waals surface area contributed by atoms with Crippen molar-refractivity contribution in [2.24, 2.45) is 0 Å². The minimum atomic E-state index is -3.00. The minimum Gasteiger partial charge on any atom is -0.493 e. The summed E-state index contributed by atoms with van der Waals surface area (Å²) in [5, 5.41) is 27.2. The van der Waals surface area contributed by atoms with E-state index >= 15 is 0 Å². The summed E-state index contributed by atoms with van der Waals surface area (Å²) in [7, 11) is 1.24. The van der Waals surface area contributed by atoms with E-state index in [2.05, 4.69) is 4.74 Å². The average Bonchev–Trinajstić information content (AvgIpc) is 2.36. The molecular weight excluding hydrogens is 248 g/mol. The average molecular weight is 259 g/mol. The van der Waals surface area contributed by atoms with Crippen molar-refractivity contribution < 1.29 is 28.5 Å². The molecule has 98 valence electrons. The summed E-state index contributed by atoms with van der Waals surface area (Å²) in [5.74, 6) is -0.230. The number of hydrogen-bond donors (Lipinski definition) is 2. The summed E-state index contributed by atoms with van der Waals surface area (Å²) in [4.78, 5) is 0. The van der Waals surface area contributed by atoms with Crippen LogP contribution in [0.15, 0.2) is 18.2 Å². The third-order valence-corrected chi connectivity index (χ3v) is 2.18. The molecule has 0 saturated carbocycles. The number of benzene rings is 1. The van der Waals surface area contributed by atoms with Crippen LogP contribution in [0, 0.1) is 11.3 Å². The van der Waals surface area contributed by atoms with E-state index in [1.807, 2.05) is 0 Å². The number of alkyl halides is 2. The molecule has 0 fully saturated rings. The van der Waals surface area contributed by atoms with Gasteiger partial charge in [-0.25, -0.2) is 0 Å². The highest BCUT2D eigenvalue weighted by Crippen LogP contribution is 2.32. The second kappa shape index (κ2) is 6.14. The Morgan fingerprint density at radius 3 is 2.44 bits per heavy atom. The normalized spacial score (nSPS) is 13.8. The third kappa shape index (κ3) is 3.29. The number of hydrogen-bond acceptors (Lipinski definition) is 5. The molecule has 5 nitrogen and oxygen atoms in total. The zero-order valence-corrected chi connectivity index (χ0v) is 9.38. The maximum atomic E-state index is 12.1. The molecule has 0 saturated heterocycles. The van der Waals surface area contributed by atoms with Gasteiger partial charge in [-0.2, -0.15) is 14.0 Å². The number of ether oxygens (including phenoxy) is 2. The van der Waals surface area contributed by atoms with Crippen LogP contribution in [0.2, 0.25) is 0 Å². The van der Waals surface area contributed by atoms with Gasteiger partial charge in [0.25, 0.3) is 0 Å². The number of halogens is 2. The minimum absolute atomic E-state index is 0.0306. The maximum absolute atomic E-state index is 12.1. The fourth-order valence-corrected chi connectivity index (χ4v) is 1.31. The summed E-state index contributed by atoms with van der Waals surface area (Å²) < 4.78 is 33.1. The molecule has 1 aromatic carbocycles. The van der Waals surface area contributed by atoms with Crippen molar-refractivity contribution in [3.05, 3.63) is 23.8 Å². The summed E-state index contributed by atoms with van der Waals surface area (Å²) in [5.41, 5.74) is 0.155. The first-order valence-electron chi connectivity index (χ1n) is 4.88. The van der Waals surface area contributed by atoms with Crippen LogP contribution < -0.4 is 9.47 Å². The molecule has 0 aliphatic carbocycles. The summed E-state index contributed by atoms with van der Waals surface area (Å²) >= 11 is 0. The topological polar surface area (TPSA) is 82.7 Å². The quantitative estimate of drug-likeness (QED) is 0.777. The van der Waals surface area contributed by atoms with Crippen LogP contribution in [0.4, 0.5) is 8.78 Å². The first-order valence-corrected chi connectivity index (χ1v) is 4.88. The Morgan fingerprint density at radius 2 is 1.94 bits per heavy atom. The van der Waals surface area contributed by atoms with E-state index in [9.17, 15) is 13.9 Å². The van der Waals surface area contributed by atoms with Crippen molar-refractivity contribution in [3.8, 4) is 17.6 Å². The van der Waals surface area contributed by atoms with Crippen molar-refractivity contribution in [2.45, 2.75) is 18.8 Å². The van der Waals surface area contributed by atoms with Crippen molar-refractivity contribution in [1.29, 1.82) is 5.26 Å². The number of nitrogens with zero attached hydrogens (tertiary/aromatic N) is 1. The lowest BCUT2D eigenvalue weighted by molar-refractivity contribution is -0.0512. The van der Waals surface area contributed by atoms with Crippen molar-refractivity contribution in [1.82, 2.24) is 0 Å². The molecule has 2 atom stereocenters. The SMILES string of the molecule is COc1cc(C(O)C(O)C#N)ccc1OC(F)F. The van der Waals surface area contributed by atoms with E-state index in [1.54, 1.807) is 0 Å². The summed E-state index contributed by atoms with van der Waals surface area (Å²) in [6.45, 7) is -3.00. The van der Waals surface area contributed by atoms with E-state index in [0.717, 1.165) is 6.07 Å². The van der Waals surface area contributed by atoms with Crippen LogP contribution in [-0.4, -0.2) is 30.0 Å². The standard InChI is InChI=1S/C11H11F2NO4/c1-17-9-4-6(10(16)7(15)5-14)2-3-8(9)18-11(12)13/h2-4,7,10-11,15-16H,1H3. The Balaban J connectivity index is 3.02. The van der Waals surface area contributed by atoms with Crippen LogP contribution in [0.1, 0.15) is 11.7 Å². The molecule has 1 rings (SSSR count). The monoisotopic (exact) mass is 259 g/mol. The first kappa shape index (κ1) is 14.2. The van der Waals surface area contributed by atoms with E-state index < -0.39 is 18.8 Å². The van der Waals surface area contributed by atoms with Gasteiger partial charge in [-0.15, -0.1) is 0 Å². The predicted molar refractivity (Wildman–Crippen MR) is 56.2 cm³/mol. The first-order chi connectivity index (χ1) is 8.49. The Kier molecular flexibility index (Phi) is 4.83. The van der Waals surface area contributed by atoms with Gasteiger partial charge in [0.15, 0.2) is 17.6 Å². The van der Waals surface area contributed by atoms with Gasteiger partial charge in [0.2, 0.25) is 0 Å². The second-order valence-corrected chi connectivity index (χ2v) is 3.31. The zero-order chi connectivity index (χ0) is 13.7. The maximum Gasteiger partial charge on any atom is 0.387 e. The molecule has 0 aliphatic heterocycles. The van der Waals surface area contributed by atoms with E-state index in [4.69, 9.17) is 15.1 Å². The van der Waals surface area contributed by atoms with E-state index in [0.29, 0.717) is 0 Å². The highest BCUT2D eigenvalue weighted by molar-refractivity contribution is 5.44. The number of aliphatic hydroxyl groups excluding tert-OH is 2. The van der Waals surface area contributed by atoms with Gasteiger partial charge < -0.3 is 19.7 Å². The van der Waals surface area contributed by atoms with Crippen molar-refractivity contribution in [2.75, 3.05) is 7.11 Å². The zero-order valence-electron chi connectivity index (χ0n) is 9.38. The van der Waals surface area contributed by atoms with Crippen LogP contribution in [0.5, 0.6) is 11.5 Å². The Hall–Kier alpha value is -1.91. The van der Waals surface area contributed by atoms with Crippen LogP contribution in [0.25, 0.3) is 0 Å². The number of aliphatic hydroxyl groups is 2. The Bertz CT molecular complexity index is 447. The molecule has 0 aromatic heterocycles. The number of methoxy groups -OCH3 is 1. The molecule has 2 N–H and O–H groups in total. The molecular formula is C11H11F2NO4. The molecule has 0 spiro atoms. The fraction of sp³-hybridized carbons (Fsp3) is 0.364. The van der Waals surface area contributed by atoms with Gasteiger partial charge in [0.1, 0.15) is 6.10 Å². The molecule has 0 aliphatic rings. The molecule has 18 heavy (non-hydrogen) atoms. The predicted octanol–water partition coefficient (Wildman–Crippen LogP) is 1.21. The highest BCUT2D eigenvalue weighted by Gasteiger charge is 2.20. The van der Waals surface area contributed by atoms with Gasteiger partial charge in [-0.1, -0.05) is 6.07 Å². The molecule has 0 bridgehead atoms. The van der Waals surface area contributed by atoms with Crippen LogP contribution >= 0.6 is 0 Å². The lowest BCUT2D eigenvalue weighted by atomic mass is 10.0. The lowest BCUT2D eigenvalue weighted by Crippen LogP contribution is -2.16. The molecule has 0 heterocycles. The van der Waals surface area contributed by atoms with Gasteiger partial charge in [0, 0.05) is 0 Å². The van der Waals surface area contributed by atoms with E-state index in [1.165, 1.54) is 25.3 Å². The summed E-state index contributed by atoms with van der Waals surface area (Å²) in [6, 6.07) is 5.09. The fourth-order valence-electron chi connectivity index (χ4n) is 1.31. The molecule has 0 radical (unpaired) electrons. The number of nitriles is 1. The highest BCUT2D eigenvalue weighted by atomic mass is 19.3. The van der Waals surface area contributed by atoms with Crippen molar-refractivity contribution in [3.63, 3.8) is 0 Å². The van der Waals surface area contributed by atoms with Gasteiger partial charge in [-0.3, -0.25) is 0 Å². The van der Waals surface area contributed by atoms with Gasteiger partial charge in [-0.05, 0) is 17.7 Å². The van der Waals surface area contributed by atoms with E-state index in [-0.39, 0.29) is 17.1 Å². The lowest BCUT2D eigenvalue weighted by Gasteiger charge is -2.15. The van der Waals surface area contributed by atoms with Crippen LogP contribution in [0.3, 0.4) is 0 Å².